The molecule has 0 fully saturated rings. The predicted molar refractivity (Wildman–Crippen MR) is 139 cm³/mol. The maximum absolute atomic E-state index is 12.3. The molecule has 0 saturated heterocycles. The third-order valence-corrected chi connectivity index (χ3v) is 6.68. The number of ether oxygens (including phenoxy) is 1. The minimum absolute atomic E-state index is 0.366. The molecule has 0 aliphatic rings. The zero-order chi connectivity index (χ0) is 24.8. The van der Waals surface area contributed by atoms with Crippen molar-refractivity contribution < 1.29 is 17.9 Å². The molecule has 178 valence electrons. The van der Waals surface area contributed by atoms with E-state index in [1.807, 2.05) is 36.4 Å². The number of nitrogens with zero attached hydrogens (tertiary/aromatic N) is 2. The number of benzene rings is 4. The molecule has 0 radical (unpaired) electrons. The minimum Gasteiger partial charge on any atom is -0.489 e. The first-order valence-corrected chi connectivity index (χ1v) is 12.7. The van der Waals surface area contributed by atoms with E-state index < -0.39 is 15.9 Å². The number of hydrazone groups is 1. The van der Waals surface area contributed by atoms with Crippen LogP contribution in [0.15, 0.2) is 96.1 Å². The number of fused-ring (bicyclic) bond motifs is 1. The van der Waals surface area contributed by atoms with Crippen molar-refractivity contribution in [2.45, 2.75) is 6.61 Å². The molecule has 4 rings (SSSR count). The highest BCUT2D eigenvalue weighted by molar-refractivity contribution is 7.92. The molecule has 0 spiro atoms. The van der Waals surface area contributed by atoms with Gasteiger partial charge in [0.1, 0.15) is 12.4 Å². The zero-order valence-corrected chi connectivity index (χ0v) is 20.2. The maximum Gasteiger partial charge on any atom is 0.271 e. The number of amides is 1. The molecule has 0 aromatic heterocycles. The third-order valence-electron chi connectivity index (χ3n) is 5.47. The van der Waals surface area contributed by atoms with Crippen molar-refractivity contribution in [2.24, 2.45) is 5.10 Å². The average molecular weight is 488 g/mol. The van der Waals surface area contributed by atoms with Crippen molar-refractivity contribution in [2.75, 3.05) is 17.6 Å². The number of carbonyl (C=O) groups excluding carboxylic acids is 1. The van der Waals surface area contributed by atoms with Crippen molar-refractivity contribution in [3.63, 3.8) is 0 Å². The van der Waals surface area contributed by atoms with Gasteiger partial charge in [0.05, 0.1) is 18.2 Å². The molecule has 0 unspecified atom stereocenters. The Morgan fingerprint density at radius 3 is 2.31 bits per heavy atom. The lowest BCUT2D eigenvalue weighted by Gasteiger charge is -2.16. The van der Waals surface area contributed by atoms with Gasteiger partial charge in [0.2, 0.25) is 10.0 Å². The van der Waals surface area contributed by atoms with Gasteiger partial charge < -0.3 is 4.74 Å². The largest absolute Gasteiger partial charge is 0.489 e. The average Bonchev–Trinajstić information content (AvgIpc) is 2.87. The van der Waals surface area contributed by atoms with Crippen LogP contribution >= 0.6 is 0 Å². The van der Waals surface area contributed by atoms with Gasteiger partial charge in [0, 0.05) is 12.6 Å². The molecule has 7 nitrogen and oxygen atoms in total. The van der Waals surface area contributed by atoms with Crippen molar-refractivity contribution in [3.05, 3.63) is 108 Å². The van der Waals surface area contributed by atoms with Gasteiger partial charge >= 0.3 is 0 Å². The molecule has 8 heteroatoms. The molecule has 0 aliphatic carbocycles. The highest BCUT2D eigenvalue weighted by Gasteiger charge is 2.12. The van der Waals surface area contributed by atoms with Gasteiger partial charge in [0.25, 0.3) is 5.91 Å². The lowest BCUT2D eigenvalue weighted by atomic mass is 10.1. The summed E-state index contributed by atoms with van der Waals surface area (Å²) >= 11 is 0. The Hall–Kier alpha value is -4.17. The number of rotatable bonds is 8. The molecular formula is C27H25N3O4S. The van der Waals surface area contributed by atoms with E-state index in [2.05, 4.69) is 40.9 Å². The Kier molecular flexibility index (Phi) is 7.12. The molecule has 0 saturated carbocycles. The molecular weight excluding hydrogens is 462 g/mol. The molecule has 4 aromatic carbocycles. The Labute approximate surface area is 204 Å². The van der Waals surface area contributed by atoms with Crippen molar-refractivity contribution in [3.8, 4) is 5.75 Å². The number of anilines is 1. The molecule has 4 aromatic rings. The fourth-order valence-electron chi connectivity index (χ4n) is 3.39. The second-order valence-corrected chi connectivity index (χ2v) is 10.0. The van der Waals surface area contributed by atoms with Crippen LogP contribution in [-0.2, 0) is 16.6 Å². The van der Waals surface area contributed by atoms with Crippen molar-refractivity contribution >= 4 is 38.6 Å². The number of hydrogen-bond donors (Lipinski definition) is 1. The number of carbonyl (C=O) groups is 1. The number of hydrogen-bond acceptors (Lipinski definition) is 5. The van der Waals surface area contributed by atoms with Gasteiger partial charge in [-0.05, 0) is 76.5 Å². The highest BCUT2D eigenvalue weighted by atomic mass is 32.2. The number of sulfonamides is 1. The van der Waals surface area contributed by atoms with Gasteiger partial charge in [-0.15, -0.1) is 0 Å². The van der Waals surface area contributed by atoms with E-state index in [4.69, 9.17) is 4.74 Å². The highest BCUT2D eigenvalue weighted by Crippen LogP contribution is 2.19. The minimum atomic E-state index is -3.36. The van der Waals surface area contributed by atoms with Crippen LogP contribution in [0.25, 0.3) is 10.8 Å². The standard InChI is InChI=1S/C27H25N3O4S/c1-30(35(2,32)33)25-13-11-23(12-14-25)27(31)29-28-18-20-8-15-26(16-9-20)34-19-21-7-10-22-5-3-4-6-24(22)17-21/h3-18H,19H2,1-2H3,(H,29,31)/b28-18-. The van der Waals surface area contributed by atoms with Crippen LogP contribution in [0.3, 0.4) is 0 Å². The molecule has 0 heterocycles. The summed E-state index contributed by atoms with van der Waals surface area (Å²) in [7, 11) is -1.91. The fourth-order valence-corrected chi connectivity index (χ4v) is 3.89. The summed E-state index contributed by atoms with van der Waals surface area (Å²) in [5.74, 6) is 0.337. The fraction of sp³-hybridized carbons (Fsp3) is 0.111. The molecule has 1 N–H and O–H groups in total. The molecule has 1 amide bonds. The van der Waals surface area contributed by atoms with E-state index in [1.165, 1.54) is 24.0 Å². The molecule has 0 bridgehead atoms. The van der Waals surface area contributed by atoms with Crippen LogP contribution in [0.5, 0.6) is 5.75 Å². The van der Waals surface area contributed by atoms with Crippen molar-refractivity contribution in [1.29, 1.82) is 0 Å². The lowest BCUT2D eigenvalue weighted by Crippen LogP contribution is -2.25. The Morgan fingerprint density at radius 2 is 1.63 bits per heavy atom. The van der Waals surface area contributed by atoms with E-state index in [1.54, 1.807) is 24.3 Å². The smallest absolute Gasteiger partial charge is 0.271 e. The second-order valence-electron chi connectivity index (χ2n) is 8.02. The predicted octanol–water partition coefficient (Wildman–Crippen LogP) is 4.58. The van der Waals surface area contributed by atoms with Crippen LogP contribution in [0, 0.1) is 0 Å². The normalized spacial score (nSPS) is 11.5. The van der Waals surface area contributed by atoms with Crippen LogP contribution in [0.2, 0.25) is 0 Å². The Balaban J connectivity index is 1.29. The first-order chi connectivity index (χ1) is 16.8. The second kappa shape index (κ2) is 10.4. The summed E-state index contributed by atoms with van der Waals surface area (Å²) in [5.41, 5.74) is 5.19. The maximum atomic E-state index is 12.3. The first-order valence-electron chi connectivity index (χ1n) is 10.9. The van der Waals surface area contributed by atoms with Crippen LogP contribution in [0.4, 0.5) is 5.69 Å². The summed E-state index contributed by atoms with van der Waals surface area (Å²) < 4.78 is 30.3. The molecule has 0 atom stereocenters. The first kappa shape index (κ1) is 24.0. The quantitative estimate of drug-likeness (QED) is 0.291. The van der Waals surface area contributed by atoms with E-state index in [0.29, 0.717) is 17.9 Å². The summed E-state index contributed by atoms with van der Waals surface area (Å²) in [5, 5.41) is 6.37. The van der Waals surface area contributed by atoms with Gasteiger partial charge in [-0.2, -0.15) is 5.10 Å². The summed E-state index contributed by atoms with van der Waals surface area (Å²) in [6.45, 7) is 0.465. The molecule has 35 heavy (non-hydrogen) atoms. The van der Waals surface area contributed by atoms with Gasteiger partial charge in [-0.1, -0.05) is 36.4 Å². The van der Waals surface area contributed by atoms with Crippen LogP contribution in [0.1, 0.15) is 21.5 Å². The van der Waals surface area contributed by atoms with Gasteiger partial charge in [0.15, 0.2) is 0 Å². The Bertz CT molecular complexity index is 1460. The number of nitrogens with one attached hydrogen (secondary N) is 1. The monoisotopic (exact) mass is 487 g/mol. The summed E-state index contributed by atoms with van der Waals surface area (Å²) in [4.78, 5) is 12.3. The van der Waals surface area contributed by atoms with Crippen LogP contribution in [-0.4, -0.2) is 33.8 Å². The topological polar surface area (TPSA) is 88.1 Å². The Morgan fingerprint density at radius 1 is 0.943 bits per heavy atom. The van der Waals surface area contributed by atoms with E-state index in [0.717, 1.165) is 27.4 Å². The van der Waals surface area contributed by atoms with Gasteiger partial charge in [-0.3, -0.25) is 9.10 Å². The lowest BCUT2D eigenvalue weighted by molar-refractivity contribution is 0.0955. The van der Waals surface area contributed by atoms with E-state index in [-0.39, 0.29) is 0 Å². The zero-order valence-electron chi connectivity index (χ0n) is 19.4. The van der Waals surface area contributed by atoms with E-state index >= 15 is 0 Å². The third kappa shape index (κ3) is 6.24. The SMILES string of the molecule is CN(c1ccc(C(=O)N/N=C\c2ccc(OCc3ccc4ccccc4c3)cc2)cc1)S(C)(=O)=O. The van der Waals surface area contributed by atoms with Crippen molar-refractivity contribution in [1.82, 2.24) is 5.43 Å². The molecule has 0 aliphatic heterocycles. The van der Waals surface area contributed by atoms with E-state index in [9.17, 15) is 13.2 Å². The van der Waals surface area contributed by atoms with Gasteiger partial charge in [-0.25, -0.2) is 13.8 Å². The summed E-state index contributed by atoms with van der Waals surface area (Å²) in [6.07, 6.45) is 2.66. The van der Waals surface area contributed by atoms with Crippen LogP contribution < -0.4 is 14.5 Å². The summed E-state index contributed by atoms with van der Waals surface area (Å²) in [6, 6.07) is 28.1.